The zero-order chi connectivity index (χ0) is 13.4. The maximum Gasteiger partial charge on any atom is 0.252 e. The average molecular weight is 250 g/mol. The zero-order valence-electron chi connectivity index (χ0n) is 10.4. The van der Waals surface area contributed by atoms with Crippen molar-refractivity contribution in [2.75, 3.05) is 0 Å². The summed E-state index contributed by atoms with van der Waals surface area (Å²) in [6.07, 6.45) is 0.972. The number of benzene rings is 2. The quantitative estimate of drug-likeness (QED) is 0.554. The maximum absolute atomic E-state index is 12.0. The Morgan fingerprint density at radius 3 is 2.42 bits per heavy atom. The molecule has 3 nitrogen and oxygen atoms in total. The van der Waals surface area contributed by atoms with Crippen LogP contribution in [-0.2, 0) is 0 Å². The lowest BCUT2D eigenvalue weighted by Crippen LogP contribution is -2.39. The van der Waals surface area contributed by atoms with Crippen LogP contribution in [0.15, 0.2) is 55.1 Å². The minimum atomic E-state index is -0.522. The third-order valence-electron chi connectivity index (χ3n) is 3.34. The molecule has 3 heteroatoms. The summed E-state index contributed by atoms with van der Waals surface area (Å²) in [5.74, 6) is -0.181. The standard InChI is InChI=1S/C16H14N2O/c1-2-15(17)18-16(19)10-7-8-13-11-5-3-4-6-12(11)14(13)9-10/h2-9,15H,1,17H2,(H,18,19). The molecule has 0 saturated carbocycles. The van der Waals surface area contributed by atoms with Gasteiger partial charge in [0, 0.05) is 5.56 Å². The summed E-state index contributed by atoms with van der Waals surface area (Å²) < 4.78 is 0. The van der Waals surface area contributed by atoms with Crippen molar-refractivity contribution in [3.63, 3.8) is 0 Å². The molecular weight excluding hydrogens is 236 g/mol. The van der Waals surface area contributed by atoms with Crippen molar-refractivity contribution in [2.45, 2.75) is 6.17 Å². The molecule has 1 unspecified atom stereocenters. The largest absolute Gasteiger partial charge is 0.333 e. The highest BCUT2D eigenvalue weighted by Gasteiger charge is 2.22. The highest BCUT2D eigenvalue weighted by molar-refractivity contribution is 6.05. The lowest BCUT2D eigenvalue weighted by molar-refractivity contribution is 0.0945. The minimum absolute atomic E-state index is 0.181. The van der Waals surface area contributed by atoms with Crippen molar-refractivity contribution in [3.05, 3.63) is 60.7 Å². The van der Waals surface area contributed by atoms with Crippen molar-refractivity contribution in [1.82, 2.24) is 5.32 Å². The van der Waals surface area contributed by atoms with Gasteiger partial charge in [-0.25, -0.2) is 0 Å². The van der Waals surface area contributed by atoms with Gasteiger partial charge in [-0.2, -0.15) is 0 Å². The Kier molecular flexibility index (Phi) is 2.69. The van der Waals surface area contributed by atoms with E-state index >= 15 is 0 Å². The lowest BCUT2D eigenvalue weighted by atomic mass is 9.80. The van der Waals surface area contributed by atoms with Gasteiger partial charge in [-0.3, -0.25) is 4.79 Å². The van der Waals surface area contributed by atoms with Crippen LogP contribution < -0.4 is 11.1 Å². The summed E-state index contributed by atoms with van der Waals surface area (Å²) in [4.78, 5) is 12.0. The second-order valence-electron chi connectivity index (χ2n) is 4.54. The average Bonchev–Trinajstić information content (AvgIpc) is 2.44. The zero-order valence-corrected chi connectivity index (χ0v) is 10.4. The molecule has 1 amide bonds. The summed E-state index contributed by atoms with van der Waals surface area (Å²) in [5, 5.41) is 2.66. The molecule has 0 fully saturated rings. The van der Waals surface area contributed by atoms with Crippen LogP contribution in [-0.4, -0.2) is 12.1 Å². The third-order valence-corrected chi connectivity index (χ3v) is 3.34. The second kappa shape index (κ2) is 4.37. The fourth-order valence-corrected chi connectivity index (χ4v) is 2.33. The molecule has 0 bridgehead atoms. The van der Waals surface area contributed by atoms with Gasteiger partial charge in [0.2, 0.25) is 0 Å². The Bertz CT molecular complexity index is 676. The fourth-order valence-electron chi connectivity index (χ4n) is 2.33. The van der Waals surface area contributed by atoms with Gasteiger partial charge in [0.1, 0.15) is 0 Å². The van der Waals surface area contributed by atoms with E-state index in [9.17, 15) is 4.79 Å². The van der Waals surface area contributed by atoms with Gasteiger partial charge in [0.05, 0.1) is 6.17 Å². The molecule has 0 aromatic heterocycles. The predicted octanol–water partition coefficient (Wildman–Crippen LogP) is 2.53. The molecule has 1 aliphatic carbocycles. The molecule has 1 atom stereocenters. The first-order chi connectivity index (χ1) is 9.20. The topological polar surface area (TPSA) is 55.1 Å². The number of fused-ring (bicyclic) bond motifs is 4. The third kappa shape index (κ3) is 1.84. The predicted molar refractivity (Wildman–Crippen MR) is 76.5 cm³/mol. The molecule has 0 radical (unpaired) electrons. The summed E-state index contributed by atoms with van der Waals surface area (Å²) in [7, 11) is 0. The van der Waals surface area contributed by atoms with Gasteiger partial charge in [0.15, 0.2) is 0 Å². The molecule has 0 aliphatic heterocycles. The van der Waals surface area contributed by atoms with Crippen LogP contribution in [0.4, 0.5) is 0 Å². The van der Waals surface area contributed by atoms with E-state index in [0.29, 0.717) is 5.56 Å². The van der Waals surface area contributed by atoms with Gasteiger partial charge in [-0.15, -0.1) is 0 Å². The highest BCUT2D eigenvalue weighted by atomic mass is 16.1. The van der Waals surface area contributed by atoms with Gasteiger partial charge >= 0.3 is 0 Å². The summed E-state index contributed by atoms with van der Waals surface area (Å²) in [5.41, 5.74) is 11.0. The molecular formula is C16H14N2O. The van der Waals surface area contributed by atoms with Crippen molar-refractivity contribution >= 4 is 5.91 Å². The number of hydrogen-bond donors (Lipinski definition) is 2. The van der Waals surface area contributed by atoms with E-state index in [-0.39, 0.29) is 5.91 Å². The number of hydrogen-bond acceptors (Lipinski definition) is 2. The number of rotatable bonds is 3. The minimum Gasteiger partial charge on any atom is -0.333 e. The monoisotopic (exact) mass is 250 g/mol. The normalized spacial score (nSPS) is 12.7. The van der Waals surface area contributed by atoms with Crippen molar-refractivity contribution in [2.24, 2.45) is 5.73 Å². The summed E-state index contributed by atoms with van der Waals surface area (Å²) >= 11 is 0. The van der Waals surface area contributed by atoms with Gasteiger partial charge < -0.3 is 11.1 Å². The van der Waals surface area contributed by atoms with Crippen LogP contribution in [0.2, 0.25) is 0 Å². The molecule has 0 spiro atoms. The number of nitrogens with two attached hydrogens (primary N) is 1. The SMILES string of the molecule is C=CC(N)NC(=O)c1ccc2c(c1)-c1ccccc1-2. The second-order valence-corrected chi connectivity index (χ2v) is 4.54. The molecule has 3 N–H and O–H groups in total. The Labute approximate surface area is 111 Å². The Morgan fingerprint density at radius 2 is 1.74 bits per heavy atom. The van der Waals surface area contributed by atoms with E-state index in [4.69, 9.17) is 5.73 Å². The molecule has 0 heterocycles. The first-order valence-corrected chi connectivity index (χ1v) is 6.13. The molecule has 3 rings (SSSR count). The van der Waals surface area contributed by atoms with Crippen molar-refractivity contribution in [1.29, 1.82) is 0 Å². The Morgan fingerprint density at radius 1 is 1.11 bits per heavy atom. The molecule has 19 heavy (non-hydrogen) atoms. The Balaban J connectivity index is 1.90. The van der Waals surface area contributed by atoms with E-state index in [0.717, 1.165) is 5.56 Å². The molecule has 0 saturated heterocycles. The van der Waals surface area contributed by atoms with Crippen LogP contribution in [0, 0.1) is 0 Å². The summed E-state index contributed by atoms with van der Waals surface area (Å²) in [6.45, 7) is 3.54. The van der Waals surface area contributed by atoms with E-state index < -0.39 is 6.17 Å². The maximum atomic E-state index is 12.0. The fraction of sp³-hybridized carbons (Fsp3) is 0.0625. The van der Waals surface area contributed by atoms with E-state index in [2.05, 4.69) is 24.0 Å². The number of nitrogens with one attached hydrogen (secondary N) is 1. The number of carbonyl (C=O) groups excluding carboxylic acids is 1. The van der Waals surface area contributed by atoms with Crippen LogP contribution in [0.1, 0.15) is 10.4 Å². The molecule has 2 aromatic rings. The Hall–Kier alpha value is -2.39. The number of amides is 1. The van der Waals surface area contributed by atoms with E-state index in [1.807, 2.05) is 30.3 Å². The van der Waals surface area contributed by atoms with Crippen LogP contribution >= 0.6 is 0 Å². The lowest BCUT2D eigenvalue weighted by Gasteiger charge is -2.24. The van der Waals surface area contributed by atoms with Crippen molar-refractivity contribution < 1.29 is 4.79 Å². The smallest absolute Gasteiger partial charge is 0.252 e. The van der Waals surface area contributed by atoms with E-state index in [1.165, 1.54) is 22.8 Å². The van der Waals surface area contributed by atoms with Crippen LogP contribution in [0.3, 0.4) is 0 Å². The number of carbonyl (C=O) groups is 1. The van der Waals surface area contributed by atoms with Gasteiger partial charge in [-0.1, -0.05) is 43.0 Å². The van der Waals surface area contributed by atoms with Crippen molar-refractivity contribution in [3.8, 4) is 22.3 Å². The molecule has 2 aromatic carbocycles. The highest BCUT2D eigenvalue weighted by Crippen LogP contribution is 2.46. The van der Waals surface area contributed by atoms with Gasteiger partial charge in [-0.05, 0) is 34.4 Å². The van der Waals surface area contributed by atoms with Crippen LogP contribution in [0.25, 0.3) is 22.3 Å². The van der Waals surface area contributed by atoms with Gasteiger partial charge in [0.25, 0.3) is 5.91 Å². The first kappa shape index (κ1) is 11.7. The molecule has 1 aliphatic rings. The molecule has 94 valence electrons. The summed E-state index contributed by atoms with van der Waals surface area (Å²) in [6, 6.07) is 13.9. The van der Waals surface area contributed by atoms with Crippen LogP contribution in [0.5, 0.6) is 0 Å². The van der Waals surface area contributed by atoms with E-state index in [1.54, 1.807) is 0 Å². The first-order valence-electron chi connectivity index (χ1n) is 6.13.